The molecule has 0 atom stereocenters. The van der Waals surface area contributed by atoms with Crippen molar-refractivity contribution in [3.63, 3.8) is 0 Å². The summed E-state index contributed by atoms with van der Waals surface area (Å²) in [5.74, 6) is -11.3. The van der Waals surface area contributed by atoms with E-state index in [-0.39, 0.29) is 0 Å². The van der Waals surface area contributed by atoms with Gasteiger partial charge in [-0.15, -0.1) is 0 Å². The van der Waals surface area contributed by atoms with Crippen molar-refractivity contribution in [2.75, 3.05) is 0 Å². The van der Waals surface area contributed by atoms with Crippen molar-refractivity contribution in [1.82, 2.24) is 0 Å². The number of hydrogen-bond donors (Lipinski definition) is 0. The molecule has 0 saturated carbocycles. The number of carbonyl (C=O) groups excluding carboxylic acids is 1. The van der Waals surface area contributed by atoms with E-state index >= 15 is 0 Å². The standard InChI is InChI=1S/C12H16F6O2/c1-6-7(19)20-8(11(15,16)9(2,3)13)12(17,18)10(4,5)14/h6,8H,1H2,2-5H3. The highest BCUT2D eigenvalue weighted by atomic mass is 19.3. The molecule has 118 valence electrons. The first kappa shape index (κ1) is 18.8. The lowest BCUT2D eigenvalue weighted by atomic mass is 9.87. The second-order valence-electron chi connectivity index (χ2n) is 5.21. The lowest BCUT2D eigenvalue weighted by Gasteiger charge is -2.40. The fourth-order valence-electron chi connectivity index (χ4n) is 1.16. The largest absolute Gasteiger partial charge is 0.446 e. The van der Waals surface area contributed by atoms with E-state index in [0.717, 1.165) is 0 Å². The van der Waals surface area contributed by atoms with E-state index < -0.39 is 35.3 Å². The van der Waals surface area contributed by atoms with Gasteiger partial charge in [-0.3, -0.25) is 0 Å². The summed E-state index contributed by atoms with van der Waals surface area (Å²) in [7, 11) is 0. The van der Waals surface area contributed by atoms with Crippen LogP contribution in [0.4, 0.5) is 26.3 Å². The van der Waals surface area contributed by atoms with Gasteiger partial charge < -0.3 is 4.74 Å². The van der Waals surface area contributed by atoms with Crippen LogP contribution in [0.5, 0.6) is 0 Å². The van der Waals surface area contributed by atoms with Crippen molar-refractivity contribution >= 4 is 5.97 Å². The van der Waals surface area contributed by atoms with Gasteiger partial charge in [-0.1, -0.05) is 6.58 Å². The van der Waals surface area contributed by atoms with Crippen LogP contribution in [0.2, 0.25) is 0 Å². The molecule has 0 N–H and O–H groups in total. The van der Waals surface area contributed by atoms with E-state index in [1.807, 2.05) is 0 Å². The normalized spacial score (nSPS) is 14.3. The summed E-state index contributed by atoms with van der Waals surface area (Å²) in [4.78, 5) is 10.9. The van der Waals surface area contributed by atoms with Crippen LogP contribution in [-0.4, -0.2) is 35.3 Å². The summed E-state index contributed by atoms with van der Waals surface area (Å²) in [6, 6.07) is 0. The highest BCUT2D eigenvalue weighted by molar-refractivity contribution is 5.81. The van der Waals surface area contributed by atoms with E-state index in [2.05, 4.69) is 11.3 Å². The molecular formula is C12H16F6O2. The van der Waals surface area contributed by atoms with Gasteiger partial charge in [0.25, 0.3) is 0 Å². The first-order valence-corrected chi connectivity index (χ1v) is 5.55. The number of ether oxygens (including phenoxy) is 1. The zero-order chi connectivity index (χ0) is 16.6. The Morgan fingerprint density at radius 3 is 1.45 bits per heavy atom. The molecule has 0 aliphatic heterocycles. The van der Waals surface area contributed by atoms with Gasteiger partial charge in [0, 0.05) is 6.08 Å². The molecule has 2 nitrogen and oxygen atoms in total. The molecular weight excluding hydrogens is 290 g/mol. The second-order valence-corrected chi connectivity index (χ2v) is 5.21. The topological polar surface area (TPSA) is 26.3 Å². The summed E-state index contributed by atoms with van der Waals surface area (Å²) in [5, 5.41) is 0. The maximum Gasteiger partial charge on any atom is 0.330 e. The fraction of sp³-hybridized carbons (Fsp3) is 0.750. The predicted octanol–water partition coefficient (Wildman–Crippen LogP) is 3.85. The number of hydrogen-bond acceptors (Lipinski definition) is 2. The Hall–Kier alpha value is -1.21. The van der Waals surface area contributed by atoms with Crippen LogP contribution in [0.15, 0.2) is 12.7 Å². The third-order valence-corrected chi connectivity index (χ3v) is 2.64. The van der Waals surface area contributed by atoms with Crippen LogP contribution in [0.3, 0.4) is 0 Å². The van der Waals surface area contributed by atoms with Crippen LogP contribution < -0.4 is 0 Å². The Morgan fingerprint density at radius 1 is 0.950 bits per heavy atom. The molecule has 0 fully saturated rings. The van der Waals surface area contributed by atoms with E-state index in [4.69, 9.17) is 0 Å². The maximum atomic E-state index is 13.8. The third-order valence-electron chi connectivity index (χ3n) is 2.64. The number of alkyl halides is 6. The molecule has 0 rings (SSSR count). The van der Waals surface area contributed by atoms with Crippen molar-refractivity contribution in [2.45, 2.75) is 57.0 Å². The maximum absolute atomic E-state index is 13.8. The molecule has 0 aliphatic rings. The monoisotopic (exact) mass is 306 g/mol. The Balaban J connectivity index is 5.87. The minimum Gasteiger partial charge on any atom is -0.446 e. The quantitative estimate of drug-likeness (QED) is 0.423. The van der Waals surface area contributed by atoms with Gasteiger partial charge in [0.2, 0.25) is 6.10 Å². The Kier molecular flexibility index (Phi) is 4.97. The minimum atomic E-state index is -4.82. The zero-order valence-electron chi connectivity index (χ0n) is 11.4. The smallest absolute Gasteiger partial charge is 0.330 e. The SMILES string of the molecule is C=CC(=O)OC(C(F)(F)C(C)(C)F)C(F)(F)C(C)(C)F. The van der Waals surface area contributed by atoms with Gasteiger partial charge >= 0.3 is 17.8 Å². The Morgan fingerprint density at radius 2 is 1.25 bits per heavy atom. The summed E-state index contributed by atoms with van der Waals surface area (Å²) < 4.78 is 85.9. The van der Waals surface area contributed by atoms with Gasteiger partial charge in [-0.05, 0) is 27.7 Å². The van der Waals surface area contributed by atoms with E-state index in [1.165, 1.54) is 0 Å². The Labute approximate surface area is 112 Å². The molecule has 0 aromatic heterocycles. The molecule has 0 saturated heterocycles. The average molecular weight is 306 g/mol. The van der Waals surface area contributed by atoms with Crippen molar-refractivity contribution in [3.05, 3.63) is 12.7 Å². The molecule has 20 heavy (non-hydrogen) atoms. The van der Waals surface area contributed by atoms with Gasteiger partial charge in [-0.25, -0.2) is 13.6 Å². The molecule has 0 aromatic rings. The Bertz CT molecular complexity index is 352. The van der Waals surface area contributed by atoms with Crippen LogP contribution >= 0.6 is 0 Å². The molecule has 0 aliphatic carbocycles. The fourth-order valence-corrected chi connectivity index (χ4v) is 1.16. The third kappa shape index (κ3) is 3.46. The summed E-state index contributed by atoms with van der Waals surface area (Å²) in [6.07, 6.45) is -3.27. The molecule has 0 aromatic carbocycles. The zero-order valence-corrected chi connectivity index (χ0v) is 11.4. The van der Waals surface area contributed by atoms with Gasteiger partial charge in [-0.2, -0.15) is 17.6 Å². The highest BCUT2D eigenvalue weighted by Gasteiger charge is 2.69. The number of halogens is 6. The van der Waals surface area contributed by atoms with Crippen molar-refractivity contribution < 1.29 is 35.9 Å². The average Bonchev–Trinajstić information content (AvgIpc) is 2.21. The lowest BCUT2D eigenvalue weighted by Crippen LogP contribution is -2.63. The molecule has 0 spiro atoms. The van der Waals surface area contributed by atoms with Crippen LogP contribution in [-0.2, 0) is 9.53 Å². The van der Waals surface area contributed by atoms with E-state index in [0.29, 0.717) is 33.8 Å². The summed E-state index contributed by atoms with van der Waals surface area (Å²) in [6.45, 7) is 4.14. The molecule has 8 heteroatoms. The van der Waals surface area contributed by atoms with Crippen molar-refractivity contribution in [2.24, 2.45) is 0 Å². The van der Waals surface area contributed by atoms with Gasteiger partial charge in [0.15, 0.2) is 11.3 Å². The van der Waals surface area contributed by atoms with Crippen LogP contribution in [0, 0.1) is 0 Å². The van der Waals surface area contributed by atoms with Gasteiger partial charge in [0.05, 0.1) is 0 Å². The molecule has 0 heterocycles. The first-order chi connectivity index (χ1) is 8.59. The number of esters is 1. The summed E-state index contributed by atoms with van der Waals surface area (Å²) in [5.41, 5.74) is -6.93. The van der Waals surface area contributed by atoms with Crippen LogP contribution in [0.25, 0.3) is 0 Å². The lowest BCUT2D eigenvalue weighted by molar-refractivity contribution is -0.288. The molecule has 0 bridgehead atoms. The number of carbonyl (C=O) groups is 1. The van der Waals surface area contributed by atoms with E-state index in [1.54, 1.807) is 0 Å². The van der Waals surface area contributed by atoms with Crippen molar-refractivity contribution in [1.29, 1.82) is 0 Å². The molecule has 0 unspecified atom stereocenters. The predicted molar refractivity (Wildman–Crippen MR) is 60.3 cm³/mol. The minimum absolute atomic E-state index is 0.322. The second kappa shape index (κ2) is 5.29. The van der Waals surface area contributed by atoms with Gasteiger partial charge in [0.1, 0.15) is 0 Å². The van der Waals surface area contributed by atoms with Crippen LogP contribution in [0.1, 0.15) is 27.7 Å². The van der Waals surface area contributed by atoms with E-state index in [9.17, 15) is 31.1 Å². The summed E-state index contributed by atoms with van der Waals surface area (Å²) >= 11 is 0. The van der Waals surface area contributed by atoms with Crippen molar-refractivity contribution in [3.8, 4) is 0 Å². The number of rotatable bonds is 6. The highest BCUT2D eigenvalue weighted by Crippen LogP contribution is 2.47. The molecule has 0 amide bonds. The first-order valence-electron chi connectivity index (χ1n) is 5.55. The molecule has 0 radical (unpaired) electrons.